The van der Waals surface area contributed by atoms with Crippen LogP contribution >= 0.6 is 15.9 Å². The van der Waals surface area contributed by atoms with E-state index in [9.17, 15) is 9.59 Å². The summed E-state index contributed by atoms with van der Waals surface area (Å²) in [6, 6.07) is 5.01. The fraction of sp³-hybridized carbons (Fsp3) is 0.385. The van der Waals surface area contributed by atoms with E-state index in [1.54, 1.807) is 32.2 Å². The number of ether oxygens (including phenoxy) is 1. The van der Waals surface area contributed by atoms with Crippen LogP contribution in [0.15, 0.2) is 22.7 Å². The predicted molar refractivity (Wildman–Crippen MR) is 74.4 cm³/mol. The fourth-order valence-electron chi connectivity index (χ4n) is 1.55. The molecule has 0 fully saturated rings. The molecule has 1 rings (SSSR count). The van der Waals surface area contributed by atoms with E-state index in [4.69, 9.17) is 9.84 Å². The van der Waals surface area contributed by atoms with Crippen molar-refractivity contribution in [3.05, 3.63) is 28.2 Å². The highest BCUT2D eigenvalue weighted by atomic mass is 79.9. The molecule has 0 bridgehead atoms. The number of amides is 1. The number of carboxylic acid groups (broad SMARTS) is 1. The molecular weight excluding hydrogens is 314 g/mol. The molecule has 1 amide bonds. The average Bonchev–Trinajstić information content (AvgIpc) is 2.35. The minimum Gasteiger partial charge on any atom is -0.496 e. The zero-order chi connectivity index (χ0) is 14.4. The summed E-state index contributed by atoms with van der Waals surface area (Å²) >= 11 is 3.31. The van der Waals surface area contributed by atoms with Crippen LogP contribution in [-0.4, -0.2) is 30.6 Å². The summed E-state index contributed by atoms with van der Waals surface area (Å²) < 4.78 is 5.77. The van der Waals surface area contributed by atoms with Gasteiger partial charge in [-0.2, -0.15) is 0 Å². The summed E-state index contributed by atoms with van der Waals surface area (Å²) in [4.78, 5) is 22.4. The van der Waals surface area contributed by atoms with E-state index in [2.05, 4.69) is 21.2 Å². The molecule has 1 atom stereocenters. The standard InChI is InChI=1S/C13H16BrNO4/c1-8(5-12(16)17)7-15-13(18)9-3-4-11(19-2)10(14)6-9/h3-4,6,8H,5,7H2,1-2H3,(H,15,18)(H,16,17). The van der Waals surface area contributed by atoms with Crippen molar-refractivity contribution in [2.24, 2.45) is 5.92 Å². The number of carbonyl (C=O) groups is 2. The van der Waals surface area contributed by atoms with Gasteiger partial charge in [-0.3, -0.25) is 9.59 Å². The van der Waals surface area contributed by atoms with Gasteiger partial charge in [0.25, 0.3) is 5.91 Å². The Kier molecular flexibility index (Phi) is 5.82. The van der Waals surface area contributed by atoms with Gasteiger partial charge < -0.3 is 15.2 Å². The lowest BCUT2D eigenvalue weighted by Crippen LogP contribution is -2.29. The Balaban J connectivity index is 2.59. The minimum atomic E-state index is -0.867. The van der Waals surface area contributed by atoms with E-state index in [1.165, 1.54) is 0 Å². The highest BCUT2D eigenvalue weighted by Gasteiger charge is 2.12. The molecule has 1 aromatic rings. The minimum absolute atomic E-state index is 0.0343. The number of benzene rings is 1. The monoisotopic (exact) mass is 329 g/mol. The Bertz CT molecular complexity index is 476. The van der Waals surface area contributed by atoms with E-state index in [0.29, 0.717) is 22.3 Å². The van der Waals surface area contributed by atoms with Gasteiger partial charge >= 0.3 is 5.97 Å². The molecule has 1 aromatic carbocycles. The first-order chi connectivity index (χ1) is 8.93. The Morgan fingerprint density at radius 2 is 2.16 bits per heavy atom. The van der Waals surface area contributed by atoms with Crippen molar-refractivity contribution in [2.75, 3.05) is 13.7 Å². The number of methoxy groups -OCH3 is 1. The topological polar surface area (TPSA) is 75.6 Å². The molecule has 0 aliphatic heterocycles. The zero-order valence-electron chi connectivity index (χ0n) is 10.8. The normalized spacial score (nSPS) is 11.7. The van der Waals surface area contributed by atoms with Crippen molar-refractivity contribution < 1.29 is 19.4 Å². The van der Waals surface area contributed by atoms with Crippen LogP contribution in [0.3, 0.4) is 0 Å². The summed E-state index contributed by atoms with van der Waals surface area (Å²) in [5, 5.41) is 11.3. The Morgan fingerprint density at radius 3 is 2.68 bits per heavy atom. The Hall–Kier alpha value is -1.56. The largest absolute Gasteiger partial charge is 0.496 e. The first-order valence-electron chi connectivity index (χ1n) is 5.77. The lowest BCUT2D eigenvalue weighted by molar-refractivity contribution is -0.137. The van der Waals surface area contributed by atoms with Gasteiger partial charge in [-0.1, -0.05) is 6.92 Å². The first-order valence-corrected chi connectivity index (χ1v) is 6.57. The molecule has 1 unspecified atom stereocenters. The van der Waals surface area contributed by atoms with Crippen LogP contribution in [0.5, 0.6) is 5.75 Å². The van der Waals surface area contributed by atoms with Crippen LogP contribution in [-0.2, 0) is 4.79 Å². The zero-order valence-corrected chi connectivity index (χ0v) is 12.4. The molecule has 0 radical (unpaired) electrons. The molecule has 0 aromatic heterocycles. The van der Waals surface area contributed by atoms with Gasteiger partial charge in [0.15, 0.2) is 0 Å². The van der Waals surface area contributed by atoms with E-state index in [1.807, 2.05) is 0 Å². The first kappa shape index (κ1) is 15.5. The van der Waals surface area contributed by atoms with Crippen molar-refractivity contribution in [1.82, 2.24) is 5.32 Å². The number of carbonyl (C=O) groups excluding carboxylic acids is 1. The van der Waals surface area contributed by atoms with Crippen molar-refractivity contribution in [3.8, 4) is 5.75 Å². The molecule has 19 heavy (non-hydrogen) atoms. The average molecular weight is 330 g/mol. The quantitative estimate of drug-likeness (QED) is 0.839. The molecular formula is C13H16BrNO4. The van der Waals surface area contributed by atoms with Gasteiger partial charge in [-0.15, -0.1) is 0 Å². The number of aliphatic carboxylic acids is 1. The van der Waals surface area contributed by atoms with Gasteiger partial charge in [-0.05, 0) is 40.0 Å². The number of nitrogens with one attached hydrogen (secondary N) is 1. The molecule has 0 spiro atoms. The number of hydrogen-bond acceptors (Lipinski definition) is 3. The number of carboxylic acids is 1. The van der Waals surface area contributed by atoms with Crippen molar-refractivity contribution >= 4 is 27.8 Å². The summed E-state index contributed by atoms with van der Waals surface area (Å²) in [5.74, 6) is -0.562. The van der Waals surface area contributed by atoms with Crippen molar-refractivity contribution in [1.29, 1.82) is 0 Å². The third kappa shape index (κ3) is 4.90. The maximum Gasteiger partial charge on any atom is 0.303 e. The second kappa shape index (κ2) is 7.13. The van der Waals surface area contributed by atoms with E-state index in [-0.39, 0.29) is 18.2 Å². The molecule has 0 saturated carbocycles. The van der Waals surface area contributed by atoms with Gasteiger partial charge in [0.05, 0.1) is 11.6 Å². The fourth-order valence-corrected chi connectivity index (χ4v) is 2.09. The van der Waals surface area contributed by atoms with Crippen LogP contribution in [0.25, 0.3) is 0 Å². The Morgan fingerprint density at radius 1 is 1.47 bits per heavy atom. The van der Waals surface area contributed by atoms with Gasteiger partial charge in [0.2, 0.25) is 0 Å². The molecule has 0 aliphatic rings. The molecule has 5 nitrogen and oxygen atoms in total. The third-order valence-electron chi connectivity index (χ3n) is 2.55. The molecule has 0 heterocycles. The lowest BCUT2D eigenvalue weighted by atomic mass is 10.1. The smallest absolute Gasteiger partial charge is 0.303 e. The van der Waals surface area contributed by atoms with Crippen LogP contribution in [0.2, 0.25) is 0 Å². The van der Waals surface area contributed by atoms with Gasteiger partial charge in [0, 0.05) is 18.5 Å². The van der Waals surface area contributed by atoms with Crippen molar-refractivity contribution in [3.63, 3.8) is 0 Å². The summed E-state index contributed by atoms with van der Waals surface area (Å²) in [6.07, 6.45) is 0.0343. The van der Waals surface area contributed by atoms with Gasteiger partial charge in [-0.25, -0.2) is 0 Å². The van der Waals surface area contributed by atoms with E-state index >= 15 is 0 Å². The SMILES string of the molecule is COc1ccc(C(=O)NCC(C)CC(=O)O)cc1Br. The summed E-state index contributed by atoms with van der Waals surface area (Å²) in [7, 11) is 1.55. The van der Waals surface area contributed by atoms with Crippen LogP contribution < -0.4 is 10.1 Å². The van der Waals surface area contributed by atoms with Gasteiger partial charge in [0.1, 0.15) is 5.75 Å². The number of rotatable bonds is 6. The second-order valence-electron chi connectivity index (χ2n) is 4.26. The lowest BCUT2D eigenvalue weighted by Gasteiger charge is -2.11. The third-order valence-corrected chi connectivity index (χ3v) is 3.17. The highest BCUT2D eigenvalue weighted by Crippen LogP contribution is 2.25. The molecule has 6 heteroatoms. The number of halogens is 1. The van der Waals surface area contributed by atoms with E-state index in [0.717, 1.165) is 0 Å². The maximum absolute atomic E-state index is 11.9. The molecule has 2 N–H and O–H groups in total. The number of hydrogen-bond donors (Lipinski definition) is 2. The van der Waals surface area contributed by atoms with Crippen LogP contribution in [0.1, 0.15) is 23.7 Å². The molecule has 0 aliphatic carbocycles. The molecule has 104 valence electrons. The summed E-state index contributed by atoms with van der Waals surface area (Å²) in [5.41, 5.74) is 0.496. The molecule has 0 saturated heterocycles. The van der Waals surface area contributed by atoms with E-state index < -0.39 is 5.97 Å². The van der Waals surface area contributed by atoms with Crippen LogP contribution in [0, 0.1) is 5.92 Å². The highest BCUT2D eigenvalue weighted by molar-refractivity contribution is 9.10. The summed E-state index contributed by atoms with van der Waals surface area (Å²) in [6.45, 7) is 2.10. The Labute approximate surface area is 120 Å². The maximum atomic E-state index is 11.9. The second-order valence-corrected chi connectivity index (χ2v) is 5.12. The van der Waals surface area contributed by atoms with Crippen LogP contribution in [0.4, 0.5) is 0 Å². The van der Waals surface area contributed by atoms with Crippen molar-refractivity contribution in [2.45, 2.75) is 13.3 Å². The predicted octanol–water partition coefficient (Wildman–Crippen LogP) is 2.30.